The molecule has 4 unspecified atom stereocenters. The molecule has 1 saturated heterocycles. The van der Waals surface area contributed by atoms with Gasteiger partial charge < -0.3 is 5.73 Å². The summed E-state index contributed by atoms with van der Waals surface area (Å²) >= 11 is 0. The summed E-state index contributed by atoms with van der Waals surface area (Å²) < 4.78 is 0. The van der Waals surface area contributed by atoms with Gasteiger partial charge in [-0.25, -0.2) is 0 Å². The van der Waals surface area contributed by atoms with Crippen LogP contribution in [0.25, 0.3) is 0 Å². The van der Waals surface area contributed by atoms with Crippen molar-refractivity contribution in [1.29, 1.82) is 0 Å². The number of fused-ring (bicyclic) bond motifs is 1. The normalized spacial score (nSPS) is 44.8. The molecule has 2 heteroatoms. The van der Waals surface area contributed by atoms with E-state index < -0.39 is 0 Å². The van der Waals surface area contributed by atoms with Gasteiger partial charge in [0.05, 0.1) is 0 Å². The van der Waals surface area contributed by atoms with Crippen molar-refractivity contribution in [1.82, 2.24) is 4.90 Å². The van der Waals surface area contributed by atoms with Crippen LogP contribution in [-0.2, 0) is 0 Å². The van der Waals surface area contributed by atoms with Gasteiger partial charge in [-0.1, -0.05) is 6.42 Å². The summed E-state index contributed by atoms with van der Waals surface area (Å²) in [7, 11) is 0. The van der Waals surface area contributed by atoms with Gasteiger partial charge in [-0.15, -0.1) is 0 Å². The Labute approximate surface area is 99.6 Å². The van der Waals surface area contributed by atoms with E-state index in [1.807, 2.05) is 0 Å². The summed E-state index contributed by atoms with van der Waals surface area (Å²) in [5.41, 5.74) is 6.02. The highest BCUT2D eigenvalue weighted by Gasteiger charge is 2.36. The molecule has 0 amide bonds. The third-order valence-corrected chi connectivity index (χ3v) is 5.18. The maximum absolute atomic E-state index is 6.02. The lowest BCUT2D eigenvalue weighted by atomic mass is 9.91. The van der Waals surface area contributed by atoms with E-state index in [4.69, 9.17) is 5.73 Å². The lowest BCUT2D eigenvalue weighted by Gasteiger charge is -2.39. The van der Waals surface area contributed by atoms with Crippen LogP contribution in [0.4, 0.5) is 0 Å². The summed E-state index contributed by atoms with van der Waals surface area (Å²) in [6.45, 7) is 2.72. The smallest absolute Gasteiger partial charge is 0.0124 e. The van der Waals surface area contributed by atoms with Gasteiger partial charge in [0.2, 0.25) is 0 Å². The van der Waals surface area contributed by atoms with E-state index in [9.17, 15) is 0 Å². The zero-order chi connectivity index (χ0) is 11.0. The lowest BCUT2D eigenvalue weighted by Crippen LogP contribution is -2.44. The van der Waals surface area contributed by atoms with E-state index in [0.29, 0.717) is 6.04 Å². The average Bonchev–Trinajstić information content (AvgIpc) is 2.87. The second-order valence-electron chi connectivity index (χ2n) is 6.33. The van der Waals surface area contributed by atoms with Crippen molar-refractivity contribution in [3.8, 4) is 0 Å². The molecule has 2 N–H and O–H groups in total. The van der Waals surface area contributed by atoms with E-state index in [0.717, 1.165) is 17.9 Å². The molecular weight excluding hydrogens is 196 g/mol. The van der Waals surface area contributed by atoms with Gasteiger partial charge in [-0.2, -0.15) is 0 Å². The minimum Gasteiger partial charge on any atom is -0.328 e. The summed E-state index contributed by atoms with van der Waals surface area (Å²) in [5.74, 6) is 1.96. The highest BCUT2D eigenvalue weighted by Crippen LogP contribution is 2.38. The van der Waals surface area contributed by atoms with Crippen LogP contribution in [0, 0.1) is 11.8 Å². The van der Waals surface area contributed by atoms with E-state index in [1.165, 1.54) is 64.5 Å². The third kappa shape index (κ3) is 2.14. The first-order valence-electron chi connectivity index (χ1n) is 7.32. The highest BCUT2D eigenvalue weighted by atomic mass is 15.2. The van der Waals surface area contributed by atoms with Crippen LogP contribution in [0.1, 0.15) is 51.4 Å². The molecule has 2 nitrogen and oxygen atoms in total. The maximum atomic E-state index is 6.02. The van der Waals surface area contributed by atoms with E-state index >= 15 is 0 Å². The Morgan fingerprint density at radius 1 is 1.00 bits per heavy atom. The molecule has 1 heterocycles. The molecule has 0 aromatic rings. The molecule has 0 aromatic carbocycles. The molecular formula is C14H26N2. The number of nitrogens with two attached hydrogens (primary N) is 1. The second-order valence-corrected chi connectivity index (χ2v) is 6.33. The van der Waals surface area contributed by atoms with Crippen molar-refractivity contribution in [2.24, 2.45) is 17.6 Å². The maximum Gasteiger partial charge on any atom is 0.0124 e. The largest absolute Gasteiger partial charge is 0.328 e. The molecule has 3 rings (SSSR count). The molecule has 4 atom stereocenters. The SMILES string of the molecule is NC1CCC(CN2CCCC3CCCC32)C1. The average molecular weight is 222 g/mol. The molecule has 2 aliphatic carbocycles. The van der Waals surface area contributed by atoms with Crippen molar-refractivity contribution in [2.45, 2.75) is 63.5 Å². The van der Waals surface area contributed by atoms with Gasteiger partial charge in [-0.05, 0) is 63.3 Å². The highest BCUT2D eigenvalue weighted by molar-refractivity contribution is 4.91. The van der Waals surface area contributed by atoms with Crippen LogP contribution in [0.3, 0.4) is 0 Å². The van der Waals surface area contributed by atoms with Gasteiger partial charge in [0, 0.05) is 18.6 Å². The first kappa shape index (κ1) is 11.0. The number of nitrogens with zero attached hydrogens (tertiary/aromatic N) is 1. The second kappa shape index (κ2) is 4.66. The molecule has 2 saturated carbocycles. The molecule has 0 bridgehead atoms. The standard InChI is InChI=1S/C14H26N2/c15-13-7-6-11(9-13)10-16-8-2-4-12-3-1-5-14(12)16/h11-14H,1-10,15H2. The van der Waals surface area contributed by atoms with Gasteiger partial charge in [-0.3, -0.25) is 4.90 Å². The van der Waals surface area contributed by atoms with Crippen LogP contribution in [0.2, 0.25) is 0 Å². The van der Waals surface area contributed by atoms with Crippen LogP contribution < -0.4 is 5.73 Å². The zero-order valence-electron chi connectivity index (χ0n) is 10.4. The summed E-state index contributed by atoms with van der Waals surface area (Å²) in [6, 6.07) is 1.46. The first-order chi connectivity index (χ1) is 7.83. The van der Waals surface area contributed by atoms with E-state index in [2.05, 4.69) is 4.90 Å². The third-order valence-electron chi connectivity index (χ3n) is 5.18. The van der Waals surface area contributed by atoms with Gasteiger partial charge in [0.15, 0.2) is 0 Å². The van der Waals surface area contributed by atoms with E-state index in [-0.39, 0.29) is 0 Å². The minimum atomic E-state index is 0.508. The Morgan fingerprint density at radius 2 is 1.88 bits per heavy atom. The van der Waals surface area contributed by atoms with Gasteiger partial charge >= 0.3 is 0 Å². The summed E-state index contributed by atoms with van der Waals surface area (Å²) in [4.78, 5) is 2.82. The summed E-state index contributed by atoms with van der Waals surface area (Å²) in [6.07, 6.45) is 11.4. The monoisotopic (exact) mass is 222 g/mol. The zero-order valence-corrected chi connectivity index (χ0v) is 10.4. The minimum absolute atomic E-state index is 0.508. The van der Waals surface area contributed by atoms with Gasteiger partial charge in [0.1, 0.15) is 0 Å². The number of likely N-dealkylation sites (tertiary alicyclic amines) is 1. The number of hydrogen-bond acceptors (Lipinski definition) is 2. The van der Waals surface area contributed by atoms with Crippen molar-refractivity contribution in [3.05, 3.63) is 0 Å². The fourth-order valence-electron chi connectivity index (χ4n) is 4.39. The Morgan fingerprint density at radius 3 is 2.69 bits per heavy atom. The molecule has 0 aromatic heterocycles. The molecule has 3 fully saturated rings. The van der Waals surface area contributed by atoms with Crippen LogP contribution >= 0.6 is 0 Å². The molecule has 1 aliphatic heterocycles. The fraction of sp³-hybridized carbons (Fsp3) is 1.00. The Kier molecular flexibility index (Phi) is 3.21. The Bertz CT molecular complexity index is 241. The molecule has 3 aliphatic rings. The van der Waals surface area contributed by atoms with E-state index in [1.54, 1.807) is 0 Å². The number of hydrogen-bond donors (Lipinski definition) is 1. The molecule has 16 heavy (non-hydrogen) atoms. The quantitative estimate of drug-likeness (QED) is 0.777. The van der Waals surface area contributed by atoms with Crippen molar-refractivity contribution < 1.29 is 0 Å². The van der Waals surface area contributed by atoms with Crippen molar-refractivity contribution in [2.75, 3.05) is 13.1 Å². The predicted molar refractivity (Wildman–Crippen MR) is 67.3 cm³/mol. The Balaban J connectivity index is 1.57. The van der Waals surface area contributed by atoms with Crippen LogP contribution in [0.15, 0.2) is 0 Å². The van der Waals surface area contributed by atoms with Gasteiger partial charge in [0.25, 0.3) is 0 Å². The predicted octanol–water partition coefficient (Wildman–Crippen LogP) is 2.38. The van der Waals surface area contributed by atoms with Crippen molar-refractivity contribution in [3.63, 3.8) is 0 Å². The number of piperidine rings is 1. The fourth-order valence-corrected chi connectivity index (χ4v) is 4.39. The van der Waals surface area contributed by atoms with Crippen LogP contribution in [0.5, 0.6) is 0 Å². The first-order valence-corrected chi connectivity index (χ1v) is 7.32. The van der Waals surface area contributed by atoms with Crippen LogP contribution in [-0.4, -0.2) is 30.1 Å². The topological polar surface area (TPSA) is 29.3 Å². The van der Waals surface area contributed by atoms with Crippen molar-refractivity contribution >= 4 is 0 Å². The molecule has 92 valence electrons. The Hall–Kier alpha value is -0.0800. The number of rotatable bonds is 2. The summed E-state index contributed by atoms with van der Waals surface area (Å²) in [5, 5.41) is 0. The lowest BCUT2D eigenvalue weighted by molar-refractivity contribution is 0.0952. The molecule has 0 radical (unpaired) electrons. The molecule has 0 spiro atoms.